The zero-order chi connectivity index (χ0) is 21.3. The predicted octanol–water partition coefficient (Wildman–Crippen LogP) is 3.77. The Bertz CT molecular complexity index is 1340. The molecule has 0 aliphatic heterocycles. The van der Waals surface area contributed by atoms with Gasteiger partial charge in [-0.15, -0.1) is 0 Å². The lowest BCUT2D eigenvalue weighted by molar-refractivity contribution is -0.385. The van der Waals surface area contributed by atoms with Crippen LogP contribution in [0.5, 0.6) is 0 Å². The maximum atomic E-state index is 10.9. The van der Waals surface area contributed by atoms with E-state index >= 15 is 0 Å². The minimum Gasteiger partial charge on any atom is -0.297 e. The molecule has 4 rings (SSSR count). The van der Waals surface area contributed by atoms with E-state index in [1.807, 2.05) is 6.07 Å². The number of nitro benzene ring substituents is 2. The van der Waals surface area contributed by atoms with Crippen LogP contribution in [-0.2, 0) is 0 Å². The van der Waals surface area contributed by atoms with E-state index in [9.17, 15) is 25.5 Å². The number of non-ortho nitro benzene ring substituents is 2. The standard InChI is InChI=1S/C19H11N7O4/c20-9-14-11-22-24-18(14)23-17(13-3-7-16(8-4-13)26(29)30)19(24)21-10-12-1-5-15(6-2-12)25(27)28/h1-8,10-11,22H. The van der Waals surface area contributed by atoms with E-state index in [-0.39, 0.29) is 11.4 Å². The molecule has 0 atom stereocenters. The van der Waals surface area contributed by atoms with Gasteiger partial charge in [0.1, 0.15) is 17.3 Å². The second-order valence-electron chi connectivity index (χ2n) is 6.15. The van der Waals surface area contributed by atoms with Crippen LogP contribution in [0.15, 0.2) is 59.7 Å². The number of hydrogen-bond acceptors (Lipinski definition) is 7. The van der Waals surface area contributed by atoms with Crippen LogP contribution in [0.3, 0.4) is 0 Å². The molecule has 30 heavy (non-hydrogen) atoms. The zero-order valence-electron chi connectivity index (χ0n) is 15.1. The highest BCUT2D eigenvalue weighted by molar-refractivity contribution is 5.85. The van der Waals surface area contributed by atoms with Crippen molar-refractivity contribution in [2.75, 3.05) is 0 Å². The molecule has 0 radical (unpaired) electrons. The van der Waals surface area contributed by atoms with Gasteiger partial charge in [-0.25, -0.2) is 14.5 Å². The number of aromatic nitrogens is 3. The van der Waals surface area contributed by atoms with Crippen molar-refractivity contribution in [2.24, 2.45) is 4.99 Å². The number of hydrogen-bond donors (Lipinski definition) is 1. The first-order valence-electron chi connectivity index (χ1n) is 8.51. The van der Waals surface area contributed by atoms with E-state index in [0.29, 0.717) is 33.8 Å². The zero-order valence-corrected chi connectivity index (χ0v) is 15.1. The first-order valence-corrected chi connectivity index (χ1v) is 8.51. The normalized spacial score (nSPS) is 11.0. The highest BCUT2D eigenvalue weighted by Gasteiger charge is 2.18. The van der Waals surface area contributed by atoms with Gasteiger partial charge in [-0.1, -0.05) is 0 Å². The van der Waals surface area contributed by atoms with Crippen molar-refractivity contribution < 1.29 is 9.85 Å². The fourth-order valence-corrected chi connectivity index (χ4v) is 2.86. The lowest BCUT2D eigenvalue weighted by atomic mass is 10.1. The summed E-state index contributed by atoms with van der Waals surface area (Å²) in [6.07, 6.45) is 3.00. The third-order valence-electron chi connectivity index (χ3n) is 4.34. The molecule has 0 saturated heterocycles. The molecule has 2 heterocycles. The molecule has 0 unspecified atom stereocenters. The highest BCUT2D eigenvalue weighted by Crippen LogP contribution is 2.32. The number of imidazole rings is 1. The summed E-state index contributed by atoms with van der Waals surface area (Å²) in [6, 6.07) is 13.7. The summed E-state index contributed by atoms with van der Waals surface area (Å²) >= 11 is 0. The maximum Gasteiger partial charge on any atom is 0.269 e. The number of nitro groups is 2. The molecule has 0 bridgehead atoms. The van der Waals surface area contributed by atoms with E-state index in [1.54, 1.807) is 24.3 Å². The van der Waals surface area contributed by atoms with Gasteiger partial charge < -0.3 is 0 Å². The van der Waals surface area contributed by atoms with Crippen LogP contribution >= 0.6 is 0 Å². The van der Waals surface area contributed by atoms with Crippen molar-refractivity contribution >= 4 is 29.1 Å². The second-order valence-corrected chi connectivity index (χ2v) is 6.15. The van der Waals surface area contributed by atoms with Gasteiger partial charge in [-0.05, 0) is 29.8 Å². The van der Waals surface area contributed by atoms with Crippen molar-refractivity contribution in [3.8, 4) is 17.3 Å². The fraction of sp³-hybridized carbons (Fsp3) is 0. The number of nitrogens with one attached hydrogen (secondary N) is 1. The Hall–Kier alpha value is -4.85. The van der Waals surface area contributed by atoms with Crippen molar-refractivity contribution in [3.63, 3.8) is 0 Å². The van der Waals surface area contributed by atoms with Crippen molar-refractivity contribution in [3.05, 3.63) is 86.1 Å². The van der Waals surface area contributed by atoms with Gasteiger partial charge in [0, 0.05) is 42.2 Å². The number of rotatable bonds is 5. The molecule has 0 aliphatic carbocycles. The average Bonchev–Trinajstić information content (AvgIpc) is 3.31. The second kappa shape index (κ2) is 7.28. The molecule has 2 aromatic carbocycles. The average molecular weight is 401 g/mol. The summed E-state index contributed by atoms with van der Waals surface area (Å²) in [4.78, 5) is 29.6. The number of nitriles is 1. The predicted molar refractivity (Wildman–Crippen MR) is 107 cm³/mol. The number of aromatic amines is 1. The van der Waals surface area contributed by atoms with Crippen molar-refractivity contribution in [1.29, 1.82) is 5.26 Å². The van der Waals surface area contributed by atoms with Gasteiger partial charge in [0.15, 0.2) is 11.5 Å². The molecule has 0 aliphatic rings. The van der Waals surface area contributed by atoms with Crippen molar-refractivity contribution in [2.45, 2.75) is 0 Å². The third kappa shape index (κ3) is 3.25. The summed E-state index contributed by atoms with van der Waals surface area (Å²) < 4.78 is 1.52. The minimum absolute atomic E-state index is 0.0338. The fourth-order valence-electron chi connectivity index (χ4n) is 2.86. The molecule has 2 aromatic heterocycles. The Kier molecular flexibility index (Phi) is 4.49. The molecule has 1 N–H and O–H groups in total. The summed E-state index contributed by atoms with van der Waals surface area (Å²) in [7, 11) is 0. The lowest BCUT2D eigenvalue weighted by Gasteiger charge is -2.00. The molecular formula is C19H11N7O4. The highest BCUT2D eigenvalue weighted by atomic mass is 16.6. The van der Waals surface area contributed by atoms with E-state index in [0.717, 1.165) is 0 Å². The van der Waals surface area contributed by atoms with Crippen molar-refractivity contribution in [1.82, 2.24) is 14.6 Å². The Morgan fingerprint density at radius 3 is 2.20 bits per heavy atom. The summed E-state index contributed by atoms with van der Waals surface area (Å²) in [5, 5.41) is 33.9. The molecular weight excluding hydrogens is 390 g/mol. The van der Waals surface area contributed by atoms with Gasteiger partial charge in [0.2, 0.25) is 0 Å². The van der Waals surface area contributed by atoms with Crippen LogP contribution in [0, 0.1) is 31.6 Å². The van der Waals surface area contributed by atoms with E-state index in [2.05, 4.69) is 15.1 Å². The van der Waals surface area contributed by atoms with Gasteiger partial charge >= 0.3 is 0 Å². The van der Waals surface area contributed by atoms with E-state index in [4.69, 9.17) is 0 Å². The Labute approximate surface area is 167 Å². The van der Waals surface area contributed by atoms with Crippen LogP contribution in [0.1, 0.15) is 11.1 Å². The summed E-state index contributed by atoms with van der Waals surface area (Å²) in [5.74, 6) is 0.374. The minimum atomic E-state index is -0.497. The largest absolute Gasteiger partial charge is 0.297 e. The Balaban J connectivity index is 1.80. The monoisotopic (exact) mass is 401 g/mol. The number of fused-ring (bicyclic) bond motifs is 1. The van der Waals surface area contributed by atoms with Crippen LogP contribution in [-0.4, -0.2) is 30.7 Å². The number of benzene rings is 2. The van der Waals surface area contributed by atoms with E-state index < -0.39 is 9.85 Å². The molecule has 0 saturated carbocycles. The first-order chi connectivity index (χ1) is 14.5. The summed E-state index contributed by atoms with van der Waals surface area (Å²) in [5.41, 5.74) is 2.21. The quantitative estimate of drug-likeness (QED) is 0.305. The molecule has 0 fully saturated rings. The Morgan fingerprint density at radius 1 is 1.03 bits per heavy atom. The van der Waals surface area contributed by atoms with Gasteiger partial charge in [0.25, 0.3) is 11.4 Å². The number of aliphatic imine (C=N–C) groups is 1. The third-order valence-corrected chi connectivity index (χ3v) is 4.34. The summed E-state index contributed by atoms with van der Waals surface area (Å²) in [6.45, 7) is 0. The number of H-pyrrole nitrogens is 1. The van der Waals surface area contributed by atoms with E-state index in [1.165, 1.54) is 41.2 Å². The molecule has 11 nitrogen and oxygen atoms in total. The van der Waals surface area contributed by atoms with Crippen LogP contribution in [0.4, 0.5) is 17.2 Å². The first kappa shape index (κ1) is 18.5. The van der Waals surface area contributed by atoms with Crippen LogP contribution in [0.25, 0.3) is 16.9 Å². The smallest absolute Gasteiger partial charge is 0.269 e. The molecule has 0 amide bonds. The number of nitrogens with zero attached hydrogens (tertiary/aromatic N) is 6. The topological polar surface area (TPSA) is 156 Å². The van der Waals surface area contributed by atoms with Gasteiger partial charge in [-0.3, -0.25) is 25.3 Å². The maximum absolute atomic E-state index is 10.9. The van der Waals surface area contributed by atoms with Crippen LogP contribution < -0.4 is 0 Å². The molecule has 11 heteroatoms. The van der Waals surface area contributed by atoms with Gasteiger partial charge in [-0.2, -0.15) is 5.26 Å². The molecule has 0 spiro atoms. The molecule has 146 valence electrons. The molecule has 4 aromatic rings. The SMILES string of the molecule is N#Cc1c[nH]n2c(N=Cc3ccc([N+](=O)[O-])cc3)c(-c3ccc([N+](=O)[O-])cc3)nc12. The van der Waals surface area contributed by atoms with Crippen LogP contribution in [0.2, 0.25) is 0 Å². The van der Waals surface area contributed by atoms with Gasteiger partial charge in [0.05, 0.1) is 9.85 Å². The Morgan fingerprint density at radius 2 is 1.63 bits per heavy atom. The lowest BCUT2D eigenvalue weighted by Crippen LogP contribution is -1.89.